The van der Waals surface area contributed by atoms with E-state index >= 15 is 0 Å². The number of ether oxygens (including phenoxy) is 1. The van der Waals surface area contributed by atoms with E-state index in [-0.39, 0.29) is 5.91 Å². The van der Waals surface area contributed by atoms with Crippen LogP contribution in [0.1, 0.15) is 13.3 Å². The molecule has 0 radical (unpaired) electrons. The van der Waals surface area contributed by atoms with Gasteiger partial charge in [0.15, 0.2) is 0 Å². The van der Waals surface area contributed by atoms with Gasteiger partial charge in [-0.3, -0.25) is 19.3 Å². The number of morpholine rings is 1. The van der Waals surface area contributed by atoms with Gasteiger partial charge in [-0.2, -0.15) is 0 Å². The predicted molar refractivity (Wildman–Crippen MR) is 94.3 cm³/mol. The third kappa shape index (κ3) is 6.90. The van der Waals surface area contributed by atoms with Crippen LogP contribution in [-0.4, -0.2) is 62.0 Å². The van der Waals surface area contributed by atoms with Crippen LogP contribution in [0.5, 0.6) is 0 Å². The van der Waals surface area contributed by atoms with Crippen molar-refractivity contribution in [2.75, 3.05) is 50.0 Å². The fraction of sp³-hybridized carbons (Fsp3) is 0.471. The van der Waals surface area contributed by atoms with Crippen molar-refractivity contribution >= 4 is 29.1 Å². The van der Waals surface area contributed by atoms with E-state index in [1.54, 1.807) is 24.3 Å². The zero-order valence-electron chi connectivity index (χ0n) is 14.3. The summed E-state index contributed by atoms with van der Waals surface area (Å²) in [6.07, 6.45) is 0.775. The Morgan fingerprint density at radius 3 is 2.44 bits per heavy atom. The van der Waals surface area contributed by atoms with Crippen molar-refractivity contribution in [3.8, 4) is 0 Å². The number of amides is 3. The second-order valence-corrected chi connectivity index (χ2v) is 5.78. The van der Waals surface area contributed by atoms with E-state index in [9.17, 15) is 14.4 Å². The van der Waals surface area contributed by atoms with E-state index in [1.165, 1.54) is 6.92 Å². The molecular formula is C17H24N4O4. The molecule has 8 nitrogen and oxygen atoms in total. The number of hydrogen-bond acceptors (Lipinski definition) is 5. The fourth-order valence-electron chi connectivity index (χ4n) is 2.48. The molecule has 0 aliphatic carbocycles. The van der Waals surface area contributed by atoms with Gasteiger partial charge in [-0.25, -0.2) is 0 Å². The predicted octanol–water partition coefficient (Wildman–Crippen LogP) is 0.422. The highest BCUT2D eigenvalue weighted by molar-refractivity contribution is 6.39. The molecule has 136 valence electrons. The third-order valence-electron chi connectivity index (χ3n) is 3.69. The Kier molecular flexibility index (Phi) is 7.36. The van der Waals surface area contributed by atoms with Gasteiger partial charge in [-0.1, -0.05) is 6.07 Å². The Balaban J connectivity index is 1.70. The van der Waals surface area contributed by atoms with Crippen LogP contribution in [-0.2, 0) is 19.1 Å². The number of benzene rings is 1. The third-order valence-corrected chi connectivity index (χ3v) is 3.69. The second kappa shape index (κ2) is 9.75. The maximum Gasteiger partial charge on any atom is 0.313 e. The molecule has 0 atom stereocenters. The van der Waals surface area contributed by atoms with Gasteiger partial charge in [0, 0.05) is 37.9 Å². The van der Waals surface area contributed by atoms with Gasteiger partial charge in [0.1, 0.15) is 0 Å². The van der Waals surface area contributed by atoms with E-state index in [2.05, 4.69) is 20.9 Å². The van der Waals surface area contributed by atoms with Crippen LogP contribution < -0.4 is 16.0 Å². The van der Waals surface area contributed by atoms with Gasteiger partial charge in [-0.05, 0) is 31.2 Å². The maximum absolute atomic E-state index is 11.9. The molecule has 2 rings (SSSR count). The maximum atomic E-state index is 11.9. The molecule has 3 N–H and O–H groups in total. The molecule has 1 aliphatic rings. The number of hydrogen-bond donors (Lipinski definition) is 3. The van der Waals surface area contributed by atoms with E-state index in [0.29, 0.717) is 17.9 Å². The first-order chi connectivity index (χ1) is 12.0. The average Bonchev–Trinajstić information content (AvgIpc) is 2.59. The smallest absolute Gasteiger partial charge is 0.313 e. The van der Waals surface area contributed by atoms with Crippen LogP contribution in [0.15, 0.2) is 24.3 Å². The largest absolute Gasteiger partial charge is 0.379 e. The van der Waals surface area contributed by atoms with E-state index in [0.717, 1.165) is 39.3 Å². The van der Waals surface area contributed by atoms with Gasteiger partial charge >= 0.3 is 11.8 Å². The SMILES string of the molecule is CC(=O)Nc1cccc(NC(=O)C(=O)NCCCN2CCOCC2)c1. The first-order valence-corrected chi connectivity index (χ1v) is 8.31. The van der Waals surface area contributed by atoms with Crippen LogP contribution in [0.3, 0.4) is 0 Å². The number of rotatable bonds is 6. The van der Waals surface area contributed by atoms with Crippen LogP contribution >= 0.6 is 0 Å². The van der Waals surface area contributed by atoms with Crippen molar-refractivity contribution in [1.82, 2.24) is 10.2 Å². The summed E-state index contributed by atoms with van der Waals surface area (Å²) in [7, 11) is 0. The lowest BCUT2D eigenvalue weighted by Gasteiger charge is -2.26. The second-order valence-electron chi connectivity index (χ2n) is 5.78. The number of carbonyl (C=O) groups excluding carboxylic acids is 3. The van der Waals surface area contributed by atoms with Crippen molar-refractivity contribution in [2.24, 2.45) is 0 Å². The average molecular weight is 348 g/mol. The molecule has 1 aromatic rings. The minimum absolute atomic E-state index is 0.207. The van der Waals surface area contributed by atoms with Crippen LogP contribution in [0.25, 0.3) is 0 Å². The van der Waals surface area contributed by atoms with Crippen molar-refractivity contribution in [1.29, 1.82) is 0 Å². The van der Waals surface area contributed by atoms with Gasteiger partial charge < -0.3 is 20.7 Å². The molecule has 0 spiro atoms. The Labute approximate surface area is 146 Å². The minimum atomic E-state index is -0.730. The molecule has 0 bridgehead atoms. The monoisotopic (exact) mass is 348 g/mol. The first kappa shape index (κ1) is 18.9. The van der Waals surface area contributed by atoms with Gasteiger partial charge in [0.2, 0.25) is 5.91 Å². The molecule has 1 saturated heterocycles. The number of nitrogens with zero attached hydrogens (tertiary/aromatic N) is 1. The first-order valence-electron chi connectivity index (χ1n) is 8.31. The van der Waals surface area contributed by atoms with Crippen LogP contribution in [0.4, 0.5) is 11.4 Å². The topological polar surface area (TPSA) is 99.8 Å². The van der Waals surface area contributed by atoms with E-state index in [1.807, 2.05) is 0 Å². The zero-order valence-corrected chi connectivity index (χ0v) is 14.3. The lowest BCUT2D eigenvalue weighted by Crippen LogP contribution is -2.39. The van der Waals surface area contributed by atoms with Crippen LogP contribution in [0.2, 0.25) is 0 Å². The summed E-state index contributed by atoms with van der Waals surface area (Å²) in [5.74, 6) is -1.61. The van der Waals surface area contributed by atoms with Crippen molar-refractivity contribution in [2.45, 2.75) is 13.3 Å². The summed E-state index contributed by atoms with van der Waals surface area (Å²) in [5, 5.41) is 7.74. The Morgan fingerprint density at radius 1 is 1.08 bits per heavy atom. The molecule has 1 fully saturated rings. The summed E-state index contributed by atoms with van der Waals surface area (Å²) < 4.78 is 5.27. The number of carbonyl (C=O) groups is 3. The summed E-state index contributed by atoms with van der Waals surface area (Å²) in [6, 6.07) is 6.61. The molecule has 1 heterocycles. The van der Waals surface area contributed by atoms with Gasteiger partial charge in [0.05, 0.1) is 13.2 Å². The van der Waals surface area contributed by atoms with Gasteiger partial charge in [-0.15, -0.1) is 0 Å². The Morgan fingerprint density at radius 2 is 1.76 bits per heavy atom. The van der Waals surface area contributed by atoms with E-state index < -0.39 is 11.8 Å². The zero-order chi connectivity index (χ0) is 18.1. The molecule has 0 unspecified atom stereocenters. The fourth-order valence-corrected chi connectivity index (χ4v) is 2.48. The highest BCUT2D eigenvalue weighted by Gasteiger charge is 2.14. The normalized spacial score (nSPS) is 14.6. The summed E-state index contributed by atoms with van der Waals surface area (Å²) in [4.78, 5) is 37.0. The van der Waals surface area contributed by atoms with Crippen molar-refractivity contribution in [3.05, 3.63) is 24.3 Å². The summed E-state index contributed by atoms with van der Waals surface area (Å²) in [6.45, 7) is 5.99. The lowest BCUT2D eigenvalue weighted by molar-refractivity contribution is -0.136. The van der Waals surface area contributed by atoms with Crippen molar-refractivity contribution < 1.29 is 19.1 Å². The standard InChI is InChI=1S/C17H24N4O4/c1-13(22)19-14-4-2-5-15(12-14)20-17(24)16(23)18-6-3-7-21-8-10-25-11-9-21/h2,4-5,12H,3,6-11H2,1H3,(H,18,23)(H,19,22)(H,20,24). The van der Waals surface area contributed by atoms with Crippen LogP contribution in [0, 0.1) is 0 Å². The molecule has 0 aromatic heterocycles. The Hall–Kier alpha value is -2.45. The molecule has 0 saturated carbocycles. The highest BCUT2D eigenvalue weighted by Crippen LogP contribution is 2.14. The quantitative estimate of drug-likeness (QED) is 0.511. The summed E-state index contributed by atoms with van der Waals surface area (Å²) >= 11 is 0. The molecule has 25 heavy (non-hydrogen) atoms. The van der Waals surface area contributed by atoms with E-state index in [4.69, 9.17) is 4.74 Å². The molecular weight excluding hydrogens is 324 g/mol. The molecule has 8 heteroatoms. The lowest BCUT2D eigenvalue weighted by atomic mass is 10.2. The van der Waals surface area contributed by atoms with Gasteiger partial charge in [0.25, 0.3) is 0 Å². The van der Waals surface area contributed by atoms with Crippen molar-refractivity contribution in [3.63, 3.8) is 0 Å². The highest BCUT2D eigenvalue weighted by atomic mass is 16.5. The molecule has 3 amide bonds. The number of anilines is 2. The molecule has 1 aromatic carbocycles. The molecule has 1 aliphatic heterocycles. The Bertz CT molecular complexity index is 614. The summed E-state index contributed by atoms with van der Waals surface area (Å²) in [5.41, 5.74) is 0.996. The number of nitrogens with one attached hydrogen (secondary N) is 3. The minimum Gasteiger partial charge on any atom is -0.379 e.